The number of rotatable bonds is 4. The van der Waals surface area contributed by atoms with Crippen LogP contribution in [-0.2, 0) is 9.22 Å². The molecule has 4 aliphatic carbocycles. The van der Waals surface area contributed by atoms with Gasteiger partial charge >= 0.3 is 5.97 Å². The Labute approximate surface area is 204 Å². The predicted molar refractivity (Wildman–Crippen MR) is 139 cm³/mol. The second kappa shape index (κ2) is 7.95. The van der Waals surface area contributed by atoms with Crippen molar-refractivity contribution in [3.8, 4) is 0 Å². The highest BCUT2D eigenvalue weighted by Crippen LogP contribution is 2.68. The van der Waals surface area contributed by atoms with Crippen molar-refractivity contribution in [1.82, 2.24) is 0 Å². The van der Waals surface area contributed by atoms with Crippen molar-refractivity contribution >= 4 is 14.3 Å². The lowest BCUT2D eigenvalue weighted by Gasteiger charge is -2.62. The van der Waals surface area contributed by atoms with E-state index in [1.807, 2.05) is 0 Å². The highest BCUT2D eigenvalue weighted by Gasteiger charge is 2.61. The molecule has 4 aliphatic rings. The molecule has 7 atom stereocenters. The Hall–Kier alpha value is -0.613. The molecule has 5 unspecified atom stereocenters. The fourth-order valence-electron chi connectivity index (χ4n) is 8.77. The maximum Gasteiger partial charge on any atom is 0.303 e. The Kier molecular flexibility index (Phi) is 6.14. The fourth-order valence-corrected chi connectivity index (χ4v) is 10.2. The second-order valence-electron chi connectivity index (χ2n) is 14.7. The minimum absolute atomic E-state index is 0.0791. The van der Waals surface area contributed by atoms with Gasteiger partial charge in [-0.1, -0.05) is 60.1 Å². The van der Waals surface area contributed by atoms with Gasteiger partial charge in [0.05, 0.1) is 6.10 Å². The van der Waals surface area contributed by atoms with Gasteiger partial charge in [0.15, 0.2) is 8.32 Å². The standard InChI is InChI=1S/C29H50O3Si/c1-26(2,3)33(8,9)32-24-15-17-29(7)22-14-16-28(6)19(18-25(30)31)10-12-21(28)20(22)11-13-23(29)27(24,4)5/h13,19-22,24H,10-12,14-18H2,1-9H3,(H,30,31)/t19?,20?,21?,22?,24?,28-,29-/m1/s1. The predicted octanol–water partition coefficient (Wildman–Crippen LogP) is 8.07. The first kappa shape index (κ1) is 25.5. The Morgan fingerprint density at radius 1 is 1.06 bits per heavy atom. The van der Waals surface area contributed by atoms with Crippen LogP contribution in [0.5, 0.6) is 0 Å². The number of carboxylic acids is 1. The summed E-state index contributed by atoms with van der Waals surface area (Å²) < 4.78 is 7.07. The van der Waals surface area contributed by atoms with Crippen LogP contribution in [0.15, 0.2) is 11.6 Å². The zero-order valence-electron chi connectivity index (χ0n) is 22.9. The highest BCUT2D eigenvalue weighted by atomic mass is 28.4. The monoisotopic (exact) mass is 474 g/mol. The van der Waals surface area contributed by atoms with E-state index >= 15 is 0 Å². The van der Waals surface area contributed by atoms with Crippen molar-refractivity contribution in [3.05, 3.63) is 11.6 Å². The Bertz CT molecular complexity index is 821. The van der Waals surface area contributed by atoms with Gasteiger partial charge in [0.2, 0.25) is 0 Å². The lowest BCUT2D eigenvalue weighted by atomic mass is 9.44. The SMILES string of the molecule is CC1(C)C2=CCC3C4CCC(CC(=O)O)[C@@]4(C)CCC3[C@@]2(C)CCC1O[Si](C)(C)C(C)(C)C. The number of fused-ring (bicyclic) bond motifs is 5. The van der Waals surface area contributed by atoms with Crippen molar-refractivity contribution in [1.29, 1.82) is 0 Å². The third-order valence-corrected chi connectivity index (χ3v) is 16.2. The normalized spacial score (nSPS) is 42.7. The number of hydrogen-bond acceptors (Lipinski definition) is 2. The molecular formula is C29H50O3Si. The van der Waals surface area contributed by atoms with Crippen LogP contribution in [0.2, 0.25) is 18.1 Å². The molecule has 3 nitrogen and oxygen atoms in total. The summed E-state index contributed by atoms with van der Waals surface area (Å²) in [4.78, 5) is 11.5. The molecule has 0 spiro atoms. The Balaban J connectivity index is 1.61. The van der Waals surface area contributed by atoms with Gasteiger partial charge < -0.3 is 9.53 Å². The van der Waals surface area contributed by atoms with Crippen molar-refractivity contribution in [3.63, 3.8) is 0 Å². The van der Waals surface area contributed by atoms with Gasteiger partial charge in [-0.2, -0.15) is 0 Å². The fraction of sp³-hybridized carbons (Fsp3) is 0.897. The molecule has 0 aliphatic heterocycles. The average molecular weight is 475 g/mol. The summed E-state index contributed by atoms with van der Waals surface area (Å²) in [6, 6.07) is 0. The molecule has 3 fully saturated rings. The van der Waals surface area contributed by atoms with Crippen LogP contribution in [0.1, 0.15) is 99.8 Å². The molecule has 0 amide bonds. The maximum atomic E-state index is 11.5. The molecule has 188 valence electrons. The number of carbonyl (C=O) groups is 1. The van der Waals surface area contributed by atoms with Crippen molar-refractivity contribution in [2.45, 2.75) is 124 Å². The van der Waals surface area contributed by atoms with E-state index in [1.54, 1.807) is 5.57 Å². The zero-order chi connectivity index (χ0) is 24.6. The summed E-state index contributed by atoms with van der Waals surface area (Å²) in [7, 11) is -1.82. The lowest BCUT2D eigenvalue weighted by molar-refractivity contribution is -0.140. The van der Waals surface area contributed by atoms with Crippen LogP contribution in [-0.4, -0.2) is 25.5 Å². The number of carboxylic acid groups (broad SMARTS) is 1. The van der Waals surface area contributed by atoms with E-state index in [9.17, 15) is 9.90 Å². The first-order chi connectivity index (χ1) is 15.0. The average Bonchev–Trinajstić information content (AvgIpc) is 2.99. The van der Waals surface area contributed by atoms with E-state index in [0.717, 1.165) is 18.3 Å². The van der Waals surface area contributed by atoms with Gasteiger partial charge in [-0.05, 0) is 97.6 Å². The van der Waals surface area contributed by atoms with E-state index in [0.29, 0.717) is 24.4 Å². The van der Waals surface area contributed by atoms with Gasteiger partial charge in [0.1, 0.15) is 0 Å². The molecule has 0 radical (unpaired) electrons. The summed E-state index contributed by atoms with van der Waals surface area (Å²) in [5, 5.41) is 9.74. The first-order valence-electron chi connectivity index (χ1n) is 13.6. The second-order valence-corrected chi connectivity index (χ2v) is 19.4. The molecule has 4 rings (SSSR count). The summed E-state index contributed by atoms with van der Waals surface area (Å²) >= 11 is 0. The van der Waals surface area contributed by atoms with E-state index in [-0.39, 0.29) is 21.3 Å². The molecule has 1 N–H and O–H groups in total. The minimum Gasteiger partial charge on any atom is -0.481 e. The van der Waals surface area contributed by atoms with Crippen LogP contribution in [0.3, 0.4) is 0 Å². The van der Waals surface area contributed by atoms with Crippen LogP contribution in [0.25, 0.3) is 0 Å². The van der Waals surface area contributed by atoms with Gasteiger partial charge in [0.25, 0.3) is 0 Å². The number of allylic oxidation sites excluding steroid dienone is 1. The van der Waals surface area contributed by atoms with Crippen LogP contribution < -0.4 is 0 Å². The smallest absolute Gasteiger partial charge is 0.303 e. The van der Waals surface area contributed by atoms with E-state index in [2.05, 4.69) is 67.6 Å². The zero-order valence-corrected chi connectivity index (χ0v) is 23.9. The first-order valence-corrected chi connectivity index (χ1v) is 16.6. The molecule has 0 aromatic heterocycles. The van der Waals surface area contributed by atoms with Crippen LogP contribution in [0, 0.1) is 39.9 Å². The number of aliphatic carboxylic acids is 1. The summed E-state index contributed by atoms with van der Waals surface area (Å²) in [6.45, 7) is 21.8. The van der Waals surface area contributed by atoms with Gasteiger partial charge in [-0.15, -0.1) is 0 Å². The molecule has 3 saturated carbocycles. The van der Waals surface area contributed by atoms with Crippen LogP contribution in [0.4, 0.5) is 0 Å². The topological polar surface area (TPSA) is 46.5 Å². The van der Waals surface area contributed by atoms with Gasteiger partial charge in [-0.25, -0.2) is 0 Å². The lowest BCUT2D eigenvalue weighted by Crippen LogP contribution is -2.57. The van der Waals surface area contributed by atoms with Gasteiger partial charge in [-0.3, -0.25) is 4.79 Å². The third kappa shape index (κ3) is 3.90. The van der Waals surface area contributed by atoms with Crippen molar-refractivity contribution in [2.24, 2.45) is 39.9 Å². The largest absolute Gasteiger partial charge is 0.481 e. The molecule has 33 heavy (non-hydrogen) atoms. The van der Waals surface area contributed by atoms with E-state index in [1.165, 1.54) is 38.5 Å². The Morgan fingerprint density at radius 3 is 2.33 bits per heavy atom. The maximum absolute atomic E-state index is 11.5. The minimum atomic E-state index is -1.82. The van der Waals surface area contributed by atoms with E-state index in [4.69, 9.17) is 4.43 Å². The van der Waals surface area contributed by atoms with Crippen LogP contribution >= 0.6 is 0 Å². The third-order valence-electron chi connectivity index (χ3n) is 11.8. The highest BCUT2D eigenvalue weighted by molar-refractivity contribution is 6.74. The molecule has 0 heterocycles. The molecule has 0 saturated heterocycles. The summed E-state index contributed by atoms with van der Waals surface area (Å²) in [5.74, 6) is 1.92. The summed E-state index contributed by atoms with van der Waals surface area (Å²) in [6.07, 6.45) is 11.7. The number of hydrogen-bond donors (Lipinski definition) is 1. The quantitative estimate of drug-likeness (QED) is 0.331. The van der Waals surface area contributed by atoms with Crippen molar-refractivity contribution < 1.29 is 14.3 Å². The van der Waals surface area contributed by atoms with Crippen molar-refractivity contribution in [2.75, 3.05) is 0 Å². The molecular weight excluding hydrogens is 424 g/mol. The van der Waals surface area contributed by atoms with Gasteiger partial charge in [0, 0.05) is 11.8 Å². The Morgan fingerprint density at radius 2 is 1.73 bits per heavy atom. The molecule has 0 aromatic rings. The summed E-state index contributed by atoms with van der Waals surface area (Å²) in [5.41, 5.74) is 2.25. The molecule has 0 aromatic carbocycles. The molecule has 4 heteroatoms. The molecule has 0 bridgehead atoms. The van der Waals surface area contributed by atoms with E-state index < -0.39 is 14.3 Å².